The van der Waals surface area contributed by atoms with Crippen LogP contribution >= 0.6 is 0 Å². The first-order valence-corrected chi connectivity index (χ1v) is 11.1. The minimum atomic E-state index is -0.331. The lowest BCUT2D eigenvalue weighted by molar-refractivity contribution is -0.155. The summed E-state index contributed by atoms with van der Waals surface area (Å²) < 4.78 is 11.3. The molecule has 3 atom stereocenters. The van der Waals surface area contributed by atoms with Gasteiger partial charge in [0.05, 0.1) is 6.10 Å². The molecule has 2 aliphatic rings. The van der Waals surface area contributed by atoms with E-state index in [4.69, 9.17) is 9.47 Å². The van der Waals surface area contributed by atoms with Crippen molar-refractivity contribution >= 4 is 11.9 Å². The molecule has 29 heavy (non-hydrogen) atoms. The molecule has 0 bridgehead atoms. The largest absolute Gasteiger partial charge is 0.459 e. The molecular formula is C24H35NO4. The van der Waals surface area contributed by atoms with Crippen LogP contribution in [0.25, 0.3) is 0 Å². The molecule has 5 nitrogen and oxygen atoms in total. The number of carbonyl (C=O) groups excluding carboxylic acids is 2. The van der Waals surface area contributed by atoms with Gasteiger partial charge >= 0.3 is 5.97 Å². The lowest BCUT2D eigenvalue weighted by Crippen LogP contribution is -2.35. The number of carbonyl (C=O) groups is 2. The molecule has 1 aromatic rings. The summed E-state index contributed by atoms with van der Waals surface area (Å²) in [6.45, 7) is 8.61. The number of benzene rings is 1. The van der Waals surface area contributed by atoms with Gasteiger partial charge in [0, 0.05) is 18.7 Å². The maximum Gasteiger partial charge on any atom is 0.332 e. The second kappa shape index (κ2) is 10.2. The zero-order valence-corrected chi connectivity index (χ0v) is 18.1. The van der Waals surface area contributed by atoms with Crippen molar-refractivity contribution in [1.29, 1.82) is 0 Å². The Bertz CT molecular complexity index is 679. The quantitative estimate of drug-likeness (QED) is 0.634. The molecule has 5 heteroatoms. The molecule has 1 aliphatic carbocycles. The summed E-state index contributed by atoms with van der Waals surface area (Å²) in [6.07, 6.45) is 5.73. The zero-order chi connectivity index (χ0) is 20.8. The van der Waals surface area contributed by atoms with Crippen molar-refractivity contribution in [2.45, 2.75) is 65.6 Å². The molecule has 2 fully saturated rings. The van der Waals surface area contributed by atoms with Crippen LogP contribution in [0.4, 0.5) is 0 Å². The normalized spacial score (nSPS) is 24.7. The summed E-state index contributed by atoms with van der Waals surface area (Å²) in [6, 6.07) is 7.35. The van der Waals surface area contributed by atoms with E-state index in [1.807, 2.05) is 29.2 Å². The first-order chi connectivity index (χ1) is 13.9. The van der Waals surface area contributed by atoms with E-state index in [0.717, 1.165) is 37.9 Å². The fourth-order valence-electron chi connectivity index (χ4n) is 4.53. The molecular weight excluding hydrogens is 366 g/mol. The van der Waals surface area contributed by atoms with Crippen LogP contribution < -0.4 is 0 Å². The number of rotatable bonds is 7. The summed E-state index contributed by atoms with van der Waals surface area (Å²) >= 11 is 0. The van der Waals surface area contributed by atoms with Gasteiger partial charge in [0.1, 0.15) is 13.2 Å². The van der Waals surface area contributed by atoms with Gasteiger partial charge in [-0.1, -0.05) is 39.3 Å². The Hall–Kier alpha value is -1.88. The van der Waals surface area contributed by atoms with Crippen molar-refractivity contribution < 1.29 is 19.1 Å². The molecule has 1 saturated carbocycles. The smallest absolute Gasteiger partial charge is 0.332 e. The van der Waals surface area contributed by atoms with E-state index in [2.05, 4.69) is 20.8 Å². The van der Waals surface area contributed by atoms with Crippen LogP contribution in [-0.4, -0.2) is 42.6 Å². The molecule has 1 heterocycles. The van der Waals surface area contributed by atoms with Gasteiger partial charge in [-0.15, -0.1) is 0 Å². The zero-order valence-electron chi connectivity index (χ0n) is 18.1. The van der Waals surface area contributed by atoms with Crippen LogP contribution in [0.5, 0.6) is 0 Å². The average molecular weight is 402 g/mol. The van der Waals surface area contributed by atoms with Crippen LogP contribution in [-0.2, 0) is 20.9 Å². The average Bonchev–Trinajstić information content (AvgIpc) is 3.25. The van der Waals surface area contributed by atoms with Gasteiger partial charge in [-0.05, 0) is 61.1 Å². The van der Waals surface area contributed by atoms with Gasteiger partial charge in [-0.2, -0.15) is 0 Å². The van der Waals surface area contributed by atoms with Crippen LogP contribution in [0.15, 0.2) is 24.3 Å². The Morgan fingerprint density at radius 1 is 1.10 bits per heavy atom. The monoisotopic (exact) mass is 401 g/mol. The Kier molecular flexibility index (Phi) is 7.70. The highest BCUT2D eigenvalue weighted by Crippen LogP contribution is 2.35. The van der Waals surface area contributed by atoms with Crippen LogP contribution in [0, 0.1) is 17.8 Å². The number of amides is 1. The lowest BCUT2D eigenvalue weighted by Gasteiger charge is -2.36. The Labute approximate surface area is 174 Å². The van der Waals surface area contributed by atoms with Gasteiger partial charge in [-0.3, -0.25) is 4.79 Å². The van der Waals surface area contributed by atoms with Gasteiger partial charge in [0.15, 0.2) is 0 Å². The van der Waals surface area contributed by atoms with Gasteiger partial charge in [0.2, 0.25) is 0 Å². The minimum absolute atomic E-state index is 0.00609. The maximum atomic E-state index is 12.4. The predicted molar refractivity (Wildman–Crippen MR) is 112 cm³/mol. The number of likely N-dealkylation sites (tertiary alicyclic amines) is 1. The molecule has 3 unspecified atom stereocenters. The van der Waals surface area contributed by atoms with E-state index in [-0.39, 0.29) is 31.2 Å². The lowest BCUT2D eigenvalue weighted by atomic mass is 9.75. The number of hydrogen-bond acceptors (Lipinski definition) is 4. The Morgan fingerprint density at radius 2 is 1.79 bits per heavy atom. The van der Waals surface area contributed by atoms with Gasteiger partial charge in [0.25, 0.3) is 5.91 Å². The SMILES string of the molecule is CC1CCC(C(C)C)C(OCC(=O)OCc2ccc(C(=O)N3CCCC3)cc2)C1. The first-order valence-electron chi connectivity index (χ1n) is 11.1. The predicted octanol–water partition coefficient (Wildman–Crippen LogP) is 4.44. The molecule has 1 aliphatic heterocycles. The maximum absolute atomic E-state index is 12.4. The molecule has 1 aromatic carbocycles. The van der Waals surface area contributed by atoms with E-state index in [1.54, 1.807) is 0 Å². The third kappa shape index (κ3) is 6.05. The third-order valence-electron chi connectivity index (χ3n) is 6.37. The van der Waals surface area contributed by atoms with Crippen molar-refractivity contribution in [3.8, 4) is 0 Å². The van der Waals surface area contributed by atoms with Crippen molar-refractivity contribution in [3.05, 3.63) is 35.4 Å². The second-order valence-electron chi connectivity index (χ2n) is 9.03. The summed E-state index contributed by atoms with van der Waals surface area (Å²) in [5, 5.41) is 0. The fourth-order valence-corrected chi connectivity index (χ4v) is 4.53. The molecule has 1 amide bonds. The minimum Gasteiger partial charge on any atom is -0.459 e. The van der Waals surface area contributed by atoms with Crippen molar-refractivity contribution in [2.24, 2.45) is 17.8 Å². The van der Waals surface area contributed by atoms with Crippen LogP contribution in [0.2, 0.25) is 0 Å². The topological polar surface area (TPSA) is 55.8 Å². The summed E-state index contributed by atoms with van der Waals surface area (Å²) in [5.41, 5.74) is 1.57. The molecule has 3 rings (SSSR count). The Morgan fingerprint density at radius 3 is 2.45 bits per heavy atom. The van der Waals surface area contributed by atoms with Crippen LogP contribution in [0.3, 0.4) is 0 Å². The number of ether oxygens (including phenoxy) is 2. The van der Waals surface area contributed by atoms with E-state index < -0.39 is 0 Å². The molecule has 0 radical (unpaired) electrons. The highest BCUT2D eigenvalue weighted by atomic mass is 16.6. The van der Waals surface area contributed by atoms with Gasteiger partial charge < -0.3 is 14.4 Å². The highest BCUT2D eigenvalue weighted by Gasteiger charge is 2.31. The van der Waals surface area contributed by atoms with Crippen molar-refractivity contribution in [3.63, 3.8) is 0 Å². The standard InChI is InChI=1S/C24H35NO4/c1-17(2)21-11-6-18(3)14-22(21)28-16-23(26)29-15-19-7-9-20(10-8-19)24(27)25-12-4-5-13-25/h7-10,17-18,21-22H,4-6,11-16H2,1-3H3. The third-order valence-corrected chi connectivity index (χ3v) is 6.37. The summed E-state index contributed by atoms with van der Waals surface area (Å²) in [7, 11) is 0. The summed E-state index contributed by atoms with van der Waals surface area (Å²) in [4.78, 5) is 26.4. The van der Waals surface area contributed by atoms with Crippen molar-refractivity contribution in [1.82, 2.24) is 4.90 Å². The van der Waals surface area contributed by atoms with E-state index in [9.17, 15) is 9.59 Å². The molecule has 0 N–H and O–H groups in total. The highest BCUT2D eigenvalue weighted by molar-refractivity contribution is 5.94. The van der Waals surface area contributed by atoms with Crippen LogP contribution in [0.1, 0.15) is 68.8 Å². The second-order valence-corrected chi connectivity index (χ2v) is 9.03. The summed E-state index contributed by atoms with van der Waals surface area (Å²) in [5.74, 6) is 1.47. The first kappa shape index (κ1) is 21.8. The fraction of sp³-hybridized carbons (Fsp3) is 0.667. The molecule has 0 spiro atoms. The van der Waals surface area contributed by atoms with E-state index in [1.165, 1.54) is 12.8 Å². The molecule has 1 saturated heterocycles. The van der Waals surface area contributed by atoms with E-state index >= 15 is 0 Å². The molecule has 0 aromatic heterocycles. The van der Waals surface area contributed by atoms with Crippen molar-refractivity contribution in [2.75, 3.05) is 19.7 Å². The number of hydrogen-bond donors (Lipinski definition) is 0. The number of nitrogens with zero attached hydrogens (tertiary/aromatic N) is 1. The number of esters is 1. The van der Waals surface area contributed by atoms with E-state index in [0.29, 0.717) is 23.3 Å². The molecule has 160 valence electrons. The Balaban J connectivity index is 1.43. The van der Waals surface area contributed by atoms with Gasteiger partial charge in [-0.25, -0.2) is 4.79 Å².